The Morgan fingerprint density at radius 3 is 1.94 bits per heavy atom. The molecule has 11 rings (SSSR count). The van der Waals surface area contributed by atoms with Gasteiger partial charge in [-0.3, -0.25) is 0 Å². The fraction of sp³-hybridized carbons (Fsp3) is 0. The normalized spacial score (nSPS) is 11.9. The lowest BCUT2D eigenvalue weighted by molar-refractivity contribution is 0.669. The molecule has 0 saturated heterocycles. The monoisotopic (exact) mass is 670 g/mol. The van der Waals surface area contributed by atoms with E-state index in [1.54, 1.807) is 0 Å². The summed E-state index contributed by atoms with van der Waals surface area (Å²) >= 11 is 1.86. The number of thiophene rings is 1. The van der Waals surface area contributed by atoms with Crippen LogP contribution in [-0.4, -0.2) is 19.5 Å². The lowest BCUT2D eigenvalue weighted by Crippen LogP contribution is -2.01. The van der Waals surface area contributed by atoms with Gasteiger partial charge in [0.25, 0.3) is 0 Å². The Bertz CT molecular complexity index is 3150. The number of hydrogen-bond donors (Lipinski definition) is 0. The van der Waals surface area contributed by atoms with Gasteiger partial charge in [-0.15, -0.1) is 11.3 Å². The molecule has 238 valence electrons. The van der Waals surface area contributed by atoms with E-state index in [2.05, 4.69) is 102 Å². The topological polar surface area (TPSA) is 56.7 Å². The summed E-state index contributed by atoms with van der Waals surface area (Å²) < 4.78 is 11.1. The van der Waals surface area contributed by atoms with E-state index in [0.29, 0.717) is 17.5 Å². The van der Waals surface area contributed by atoms with Crippen molar-refractivity contribution in [3.63, 3.8) is 0 Å². The molecule has 4 aromatic heterocycles. The lowest BCUT2D eigenvalue weighted by atomic mass is 10.1. The van der Waals surface area contributed by atoms with E-state index >= 15 is 0 Å². The summed E-state index contributed by atoms with van der Waals surface area (Å²) in [6, 6.07) is 54.9. The maximum atomic E-state index is 6.13. The number of furan rings is 1. The summed E-state index contributed by atoms with van der Waals surface area (Å²) in [6.07, 6.45) is 0. The Balaban J connectivity index is 1.14. The van der Waals surface area contributed by atoms with Crippen molar-refractivity contribution in [2.75, 3.05) is 0 Å². The Morgan fingerprint density at radius 2 is 1.08 bits per heavy atom. The Labute approximate surface area is 295 Å². The minimum atomic E-state index is 0.611. The predicted molar refractivity (Wildman–Crippen MR) is 211 cm³/mol. The van der Waals surface area contributed by atoms with Gasteiger partial charge in [-0.25, -0.2) is 15.0 Å². The van der Waals surface area contributed by atoms with E-state index in [4.69, 9.17) is 19.4 Å². The van der Waals surface area contributed by atoms with Crippen molar-refractivity contribution in [3.05, 3.63) is 158 Å². The third-order valence-corrected chi connectivity index (χ3v) is 11.0. The van der Waals surface area contributed by atoms with Crippen LogP contribution in [-0.2, 0) is 0 Å². The first kappa shape index (κ1) is 28.2. The molecule has 7 aromatic carbocycles. The third kappa shape index (κ3) is 4.37. The van der Waals surface area contributed by atoms with E-state index in [1.807, 2.05) is 72.0 Å². The summed E-state index contributed by atoms with van der Waals surface area (Å²) in [6.45, 7) is 0. The molecule has 0 saturated carbocycles. The van der Waals surface area contributed by atoms with E-state index in [-0.39, 0.29) is 0 Å². The number of fused-ring (bicyclic) bond motifs is 10. The molecule has 11 aromatic rings. The maximum Gasteiger partial charge on any atom is 0.164 e. The number of benzene rings is 7. The van der Waals surface area contributed by atoms with Gasteiger partial charge in [-0.1, -0.05) is 109 Å². The molecule has 0 amide bonds. The van der Waals surface area contributed by atoms with Crippen molar-refractivity contribution >= 4 is 75.3 Å². The molecule has 5 nitrogen and oxygen atoms in total. The molecule has 0 N–H and O–H groups in total. The van der Waals surface area contributed by atoms with Crippen molar-refractivity contribution < 1.29 is 4.42 Å². The van der Waals surface area contributed by atoms with Crippen LogP contribution in [0.1, 0.15) is 0 Å². The average Bonchev–Trinajstić information content (AvgIpc) is 3.87. The van der Waals surface area contributed by atoms with Gasteiger partial charge >= 0.3 is 0 Å². The first-order valence-corrected chi connectivity index (χ1v) is 17.8. The molecular formula is C45H26N4OS. The summed E-state index contributed by atoms with van der Waals surface area (Å²) in [5.41, 5.74) is 7.88. The first-order valence-electron chi connectivity index (χ1n) is 16.9. The molecule has 0 aliphatic heterocycles. The zero-order valence-electron chi connectivity index (χ0n) is 27.1. The zero-order valence-corrected chi connectivity index (χ0v) is 27.9. The van der Waals surface area contributed by atoms with Crippen LogP contribution >= 0.6 is 11.3 Å². The molecule has 0 aliphatic rings. The van der Waals surface area contributed by atoms with Crippen LogP contribution in [0, 0.1) is 0 Å². The highest BCUT2D eigenvalue weighted by atomic mass is 32.1. The fourth-order valence-electron chi connectivity index (χ4n) is 7.50. The third-order valence-electron chi connectivity index (χ3n) is 9.84. The molecule has 4 heterocycles. The van der Waals surface area contributed by atoms with E-state index in [0.717, 1.165) is 49.8 Å². The molecule has 6 heteroatoms. The van der Waals surface area contributed by atoms with Gasteiger partial charge in [0, 0.05) is 59.4 Å². The van der Waals surface area contributed by atoms with Crippen LogP contribution in [0.4, 0.5) is 0 Å². The van der Waals surface area contributed by atoms with Crippen molar-refractivity contribution in [3.8, 4) is 39.9 Å². The molecule has 0 fully saturated rings. The number of para-hydroxylation sites is 2. The highest BCUT2D eigenvalue weighted by Gasteiger charge is 2.19. The van der Waals surface area contributed by atoms with Gasteiger partial charge in [0.05, 0.1) is 15.7 Å². The predicted octanol–water partition coefficient (Wildman–Crippen LogP) is 12.2. The fourth-order valence-corrected chi connectivity index (χ4v) is 8.74. The average molecular weight is 671 g/mol. The molecule has 0 atom stereocenters. The van der Waals surface area contributed by atoms with Crippen molar-refractivity contribution in [1.82, 2.24) is 19.5 Å². The minimum absolute atomic E-state index is 0.611. The zero-order chi connectivity index (χ0) is 33.5. The second-order valence-corrected chi connectivity index (χ2v) is 13.9. The minimum Gasteiger partial charge on any atom is -0.456 e. The summed E-state index contributed by atoms with van der Waals surface area (Å²) in [5, 5.41) is 7.14. The second kappa shape index (κ2) is 10.9. The number of rotatable bonds is 4. The van der Waals surface area contributed by atoms with Crippen LogP contribution in [0.25, 0.3) is 104 Å². The molecule has 0 radical (unpaired) electrons. The summed E-state index contributed by atoms with van der Waals surface area (Å²) in [4.78, 5) is 15.2. The maximum absolute atomic E-state index is 6.13. The van der Waals surface area contributed by atoms with Gasteiger partial charge in [0.15, 0.2) is 17.5 Å². The second-order valence-electron chi connectivity index (χ2n) is 12.8. The highest BCUT2D eigenvalue weighted by Crippen LogP contribution is 2.43. The van der Waals surface area contributed by atoms with Gasteiger partial charge in [-0.2, -0.15) is 0 Å². The summed E-state index contributed by atoms with van der Waals surface area (Å²) in [7, 11) is 0. The first-order chi connectivity index (χ1) is 25.3. The van der Waals surface area contributed by atoms with Gasteiger partial charge in [-0.05, 0) is 48.5 Å². The van der Waals surface area contributed by atoms with Crippen LogP contribution in [0.15, 0.2) is 162 Å². The van der Waals surface area contributed by atoms with Gasteiger partial charge < -0.3 is 8.98 Å². The molecule has 0 spiro atoms. The quantitative estimate of drug-likeness (QED) is 0.187. The van der Waals surface area contributed by atoms with Crippen molar-refractivity contribution in [1.29, 1.82) is 0 Å². The van der Waals surface area contributed by atoms with E-state index in [1.165, 1.54) is 36.5 Å². The lowest BCUT2D eigenvalue weighted by Gasteiger charge is -2.12. The Kier molecular flexibility index (Phi) is 6.05. The highest BCUT2D eigenvalue weighted by molar-refractivity contribution is 7.26. The van der Waals surface area contributed by atoms with Crippen molar-refractivity contribution in [2.45, 2.75) is 0 Å². The Morgan fingerprint density at radius 1 is 0.431 bits per heavy atom. The van der Waals surface area contributed by atoms with E-state index < -0.39 is 0 Å². The SMILES string of the molecule is c1ccc(-c2nc(-c3cccc(-n4c5ccccc5c5ccc6c7ccccc7sc6c54)c3)nc(-c3ccc4oc5ccccc5c4c3)n2)cc1. The molecule has 0 unspecified atom stereocenters. The molecule has 51 heavy (non-hydrogen) atoms. The van der Waals surface area contributed by atoms with Crippen LogP contribution < -0.4 is 0 Å². The standard InChI is InChI=1S/C45H26N4OS/c1-2-11-27(12-3-1)43-46-44(48-45(47-43)29-21-24-39-36(26-29)32-16-5-8-19-38(32)50-39)28-13-10-14-30(25-28)49-37-18-7-4-15-31(37)34-22-23-35-33-17-6-9-20-40(33)51-42(35)41(34)49/h1-26H. The number of aromatic nitrogens is 4. The van der Waals surface area contributed by atoms with Crippen LogP contribution in [0.2, 0.25) is 0 Å². The largest absolute Gasteiger partial charge is 0.456 e. The Hall–Kier alpha value is -6.63. The van der Waals surface area contributed by atoms with Gasteiger partial charge in [0.1, 0.15) is 11.2 Å². The smallest absolute Gasteiger partial charge is 0.164 e. The molecule has 0 bridgehead atoms. The molecular weight excluding hydrogens is 645 g/mol. The number of hydrogen-bond acceptors (Lipinski definition) is 5. The van der Waals surface area contributed by atoms with Gasteiger partial charge in [0.2, 0.25) is 0 Å². The number of nitrogens with zero attached hydrogens (tertiary/aromatic N) is 4. The van der Waals surface area contributed by atoms with Crippen LogP contribution in [0.5, 0.6) is 0 Å². The van der Waals surface area contributed by atoms with Crippen molar-refractivity contribution in [2.24, 2.45) is 0 Å². The van der Waals surface area contributed by atoms with Crippen LogP contribution in [0.3, 0.4) is 0 Å². The summed E-state index contributed by atoms with van der Waals surface area (Å²) in [5.74, 6) is 1.85. The molecule has 0 aliphatic carbocycles. The van der Waals surface area contributed by atoms with E-state index in [9.17, 15) is 0 Å².